The van der Waals surface area contributed by atoms with E-state index in [1.54, 1.807) is 163 Å². The minimum atomic E-state index is -4.77. The maximum atomic E-state index is 14.1. The average Bonchev–Trinajstić information content (AvgIpc) is 1.29. The SMILES string of the molecule is CC(C)(C)OC(=O)NCc1ccccc1CN(CC(=O)Nc1ccc2c(c1)C[C@@]1(C2)C(=O)Nc2ncccc21)C(=O)C1(C(F)(F)F)CC1.CC(C)(C)OC(=O)NCc1ccccc1CN(CC(=O)O)C(=O)C1(C(F)(F)F)CC1.NCc1ccccc1CN(CC(=O)Nc1ccc2c(c1)C[C@@]1(C2)C(=O)Nc2ncccc21)C(=O)C1(C(F)(F)F)CC1. The number of halogens is 9. The number of alkyl halides is 9. The zero-order valence-corrected chi connectivity index (χ0v) is 65.9. The lowest BCUT2D eigenvalue weighted by Gasteiger charge is -2.29. The zero-order valence-electron chi connectivity index (χ0n) is 65.9. The van der Waals surface area contributed by atoms with Gasteiger partial charge in [-0.2, -0.15) is 39.5 Å². The molecule has 0 unspecified atom stereocenters. The van der Waals surface area contributed by atoms with Crippen molar-refractivity contribution < 1.29 is 102 Å². The van der Waals surface area contributed by atoms with E-state index in [4.69, 9.17) is 20.3 Å². The highest BCUT2D eigenvalue weighted by atomic mass is 19.4. The van der Waals surface area contributed by atoms with Crippen LogP contribution in [0.25, 0.3) is 0 Å². The molecule has 3 saturated carbocycles. The molecule has 2 aliphatic heterocycles. The van der Waals surface area contributed by atoms with Crippen molar-refractivity contribution in [2.45, 2.75) is 186 Å². The van der Waals surface area contributed by atoms with Gasteiger partial charge in [0, 0.05) is 74.2 Å². The molecule has 25 nitrogen and oxygen atoms in total. The van der Waals surface area contributed by atoms with Crippen LogP contribution in [0.5, 0.6) is 0 Å². The number of carbonyl (C=O) groups is 10. The molecule has 5 aromatic carbocycles. The number of rotatable bonds is 22. The van der Waals surface area contributed by atoms with Crippen LogP contribution in [0.3, 0.4) is 0 Å². The van der Waals surface area contributed by atoms with E-state index in [-0.39, 0.29) is 89.6 Å². The lowest BCUT2D eigenvalue weighted by molar-refractivity contribution is -0.200. The van der Waals surface area contributed by atoms with E-state index in [0.717, 1.165) is 43.2 Å². The number of nitrogens with one attached hydrogen (secondary N) is 6. The number of anilines is 4. The van der Waals surface area contributed by atoms with E-state index < -0.39 is 124 Å². The third kappa shape index (κ3) is 18.8. The van der Waals surface area contributed by atoms with Gasteiger partial charge in [-0.05, 0) is 198 Å². The second kappa shape index (κ2) is 33.1. The molecule has 0 radical (unpaired) electrons. The molecule has 9 N–H and O–H groups in total. The van der Waals surface area contributed by atoms with E-state index >= 15 is 0 Å². The molecular formula is C85H89F9N12O13. The highest BCUT2D eigenvalue weighted by Gasteiger charge is 2.72. The van der Waals surface area contributed by atoms with Gasteiger partial charge in [-0.1, -0.05) is 97.1 Å². The summed E-state index contributed by atoms with van der Waals surface area (Å²) < 4.78 is 134. The van der Waals surface area contributed by atoms with Gasteiger partial charge in [0.15, 0.2) is 0 Å². The first kappa shape index (κ1) is 86.4. The molecular weight excluding hydrogens is 1570 g/mol. The molecule has 34 heteroatoms. The van der Waals surface area contributed by atoms with Crippen LogP contribution in [-0.2, 0) is 124 Å². The van der Waals surface area contributed by atoms with Crippen LogP contribution in [0.15, 0.2) is 146 Å². The molecule has 2 spiro atoms. The topological polar surface area (TPSA) is 343 Å². The minimum absolute atomic E-state index is 0.00109. The van der Waals surface area contributed by atoms with Crippen LogP contribution in [-0.4, -0.2) is 139 Å². The number of alkyl carbamates (subject to hydrolysis) is 2. The molecule has 14 rings (SSSR count). The van der Waals surface area contributed by atoms with Gasteiger partial charge in [-0.3, -0.25) is 38.4 Å². The van der Waals surface area contributed by atoms with Crippen LogP contribution in [0.2, 0.25) is 0 Å². The summed E-state index contributed by atoms with van der Waals surface area (Å²) in [7, 11) is 0. The van der Waals surface area contributed by atoms with Crippen molar-refractivity contribution in [1.29, 1.82) is 0 Å². The number of pyridine rings is 2. The summed E-state index contributed by atoms with van der Waals surface area (Å²) >= 11 is 0. The number of aliphatic carboxylic acids is 1. The van der Waals surface area contributed by atoms with E-state index in [2.05, 4.69) is 41.9 Å². The first-order valence-electron chi connectivity index (χ1n) is 38.4. The Hall–Kier alpha value is -12.0. The van der Waals surface area contributed by atoms with Crippen molar-refractivity contribution >= 4 is 82.5 Å². The third-order valence-electron chi connectivity index (χ3n) is 22.2. The summed E-state index contributed by atoms with van der Waals surface area (Å²) in [5.74, 6) is -5.43. The monoisotopic (exact) mass is 1660 g/mol. The Bertz CT molecular complexity index is 5150. The number of carbonyl (C=O) groups excluding carboxylic acids is 9. The molecule has 4 heterocycles. The van der Waals surface area contributed by atoms with Crippen LogP contribution < -0.4 is 37.6 Å². The normalized spacial score (nSPS) is 18.3. The molecule has 5 aliphatic carbocycles. The van der Waals surface area contributed by atoms with Crippen molar-refractivity contribution in [3.05, 3.63) is 213 Å². The van der Waals surface area contributed by atoms with Gasteiger partial charge in [0.05, 0.1) is 10.8 Å². The van der Waals surface area contributed by atoms with Gasteiger partial charge in [0.25, 0.3) is 0 Å². The number of nitrogens with zero attached hydrogens (tertiary/aromatic N) is 5. The largest absolute Gasteiger partial charge is 0.480 e. The van der Waals surface area contributed by atoms with Gasteiger partial charge in [0.2, 0.25) is 41.4 Å². The lowest BCUT2D eigenvalue weighted by Crippen LogP contribution is -2.46. The summed E-state index contributed by atoms with van der Waals surface area (Å²) in [4.78, 5) is 138. The number of hydrogen-bond donors (Lipinski definition) is 8. The van der Waals surface area contributed by atoms with Gasteiger partial charge >= 0.3 is 36.7 Å². The van der Waals surface area contributed by atoms with E-state index in [0.29, 0.717) is 87.0 Å². The smallest absolute Gasteiger partial charge is 0.407 e. The quantitative estimate of drug-likeness (QED) is 0.0292. The number of benzene rings is 5. The number of carboxylic acid groups (broad SMARTS) is 1. The van der Waals surface area contributed by atoms with E-state index in [1.165, 1.54) is 0 Å². The van der Waals surface area contributed by atoms with Crippen molar-refractivity contribution in [2.24, 2.45) is 22.0 Å². The van der Waals surface area contributed by atoms with Crippen molar-refractivity contribution in [1.82, 2.24) is 35.3 Å². The van der Waals surface area contributed by atoms with Crippen molar-refractivity contribution in [2.75, 3.05) is 40.9 Å². The summed E-state index contributed by atoms with van der Waals surface area (Å²) in [5.41, 5.74) is 4.66. The molecule has 2 aromatic heterocycles. The Morgan fingerprint density at radius 1 is 0.445 bits per heavy atom. The summed E-state index contributed by atoms with van der Waals surface area (Å²) in [6.07, 6.45) is -12.6. The Labute approximate surface area is 678 Å². The summed E-state index contributed by atoms with van der Waals surface area (Å²) in [5, 5.41) is 25.5. The number of aromatic nitrogens is 2. The zero-order chi connectivity index (χ0) is 86.2. The number of nitrogens with two attached hydrogens (primary N) is 1. The molecule has 0 bridgehead atoms. The second-order valence-corrected chi connectivity index (χ2v) is 33.0. The van der Waals surface area contributed by atoms with Crippen LogP contribution in [0, 0.1) is 16.2 Å². The van der Waals surface area contributed by atoms with E-state index in [9.17, 15) is 87.5 Å². The number of hydrogen-bond acceptors (Lipinski definition) is 15. The molecule has 0 saturated heterocycles. The molecule has 7 aliphatic rings. The number of fused-ring (bicyclic) bond motifs is 6. The molecule has 630 valence electrons. The first-order chi connectivity index (χ1) is 55.9. The second-order valence-electron chi connectivity index (χ2n) is 33.0. The highest BCUT2D eigenvalue weighted by molar-refractivity contribution is 6.07. The Morgan fingerprint density at radius 2 is 0.765 bits per heavy atom. The molecule has 119 heavy (non-hydrogen) atoms. The molecule has 3 fully saturated rings. The molecule has 7 aromatic rings. The fraction of sp³-hybridized carbons (Fsp3) is 0.412. The number of ether oxygens (including phenoxy) is 2. The Morgan fingerprint density at radius 3 is 1.08 bits per heavy atom. The maximum absolute atomic E-state index is 14.1. The Balaban J connectivity index is 0.000000168. The number of carboxylic acids is 1. The summed E-state index contributed by atoms with van der Waals surface area (Å²) in [6.45, 7) is 7.56. The Kier molecular flexibility index (Phi) is 24.0. The minimum Gasteiger partial charge on any atom is -0.480 e. The van der Waals surface area contributed by atoms with Crippen LogP contribution in [0.4, 0.5) is 72.1 Å². The van der Waals surface area contributed by atoms with Gasteiger partial charge < -0.3 is 66.9 Å². The lowest BCUT2D eigenvalue weighted by atomic mass is 9.79. The predicted molar refractivity (Wildman–Crippen MR) is 414 cm³/mol. The highest BCUT2D eigenvalue weighted by Crippen LogP contribution is 2.61. The summed E-state index contributed by atoms with van der Waals surface area (Å²) in [6, 6.07) is 38.0. The first-order valence-corrected chi connectivity index (χ1v) is 38.4. The fourth-order valence-corrected chi connectivity index (χ4v) is 15.6. The molecule has 2 atom stereocenters. The predicted octanol–water partition coefficient (Wildman–Crippen LogP) is 12.7. The fourth-order valence-electron chi connectivity index (χ4n) is 15.6. The van der Waals surface area contributed by atoms with Gasteiger partial charge in [-0.25, -0.2) is 19.6 Å². The van der Waals surface area contributed by atoms with Crippen molar-refractivity contribution in [3.8, 4) is 0 Å². The number of amides is 9. The van der Waals surface area contributed by atoms with Crippen LogP contribution >= 0.6 is 0 Å². The van der Waals surface area contributed by atoms with E-state index in [1.807, 2.05) is 24.3 Å². The standard InChI is InChI=1S/C35H36F3N5O5.C30H28F3N5O3.C20H25F3N2O5/c1-32(2,3)48-31(47)40-18-22-7-4-5-8-23(22)19-43(30(46)34(12-13-34)35(36,37)38)20-27(44)41-25-11-10-21-16-33(17-24(21)15-25)26-9-6-14-39-28(26)42-29(33)45;31-30(32,33)29(9-10-29)27(41)38(16-20-5-2-1-4-19(20)15-34)17-24(39)36-22-8-7-18-13-28(14-21(18)12-22)23-6-3-11-35-25(23)37-26(28)40;1-18(2,3)30-17(29)24-10-13-6-4-5-7-14(13)11-25(12-15(26)27)16(28)19(8-9-19)20(21,22)23/h4-11,14-15H,12-13,16-20H2,1-3H3,(H,40,47)(H,41,44)(H,39,42,45);1-8,11-12H,9-10,13-17,34H2,(H,36,39)(H,35,37,40);4-7H,8-12H2,1-3H3,(H,24,29)(H,26,27)/t33-;28-;/m11./s1. The van der Waals surface area contributed by atoms with Crippen LogP contribution in [0.1, 0.15) is 147 Å². The molecule has 9 amide bonds. The third-order valence-corrected chi connectivity index (χ3v) is 22.2. The van der Waals surface area contributed by atoms with Gasteiger partial charge in [0.1, 0.15) is 58.7 Å². The maximum Gasteiger partial charge on any atom is 0.407 e. The van der Waals surface area contributed by atoms with Gasteiger partial charge in [-0.15, -0.1) is 0 Å². The average molecular weight is 1660 g/mol. The van der Waals surface area contributed by atoms with Crippen molar-refractivity contribution in [3.63, 3.8) is 0 Å².